The lowest BCUT2D eigenvalue weighted by atomic mass is 9.71. The molecule has 0 aromatic carbocycles. The Kier molecular flexibility index (Phi) is 7.06. The summed E-state index contributed by atoms with van der Waals surface area (Å²) in [6.45, 7) is 11.2. The highest BCUT2D eigenvalue weighted by molar-refractivity contribution is 5.60. The molecule has 19 heavy (non-hydrogen) atoms. The number of hydrogen-bond acceptors (Lipinski definition) is 2. The molecule has 1 aliphatic rings. The van der Waals surface area contributed by atoms with Crippen molar-refractivity contribution in [3.63, 3.8) is 0 Å². The van der Waals surface area contributed by atoms with E-state index in [1.165, 1.54) is 38.4 Å². The summed E-state index contributed by atoms with van der Waals surface area (Å²) < 4.78 is 0. The monoisotopic (exact) mass is 267 g/mol. The Balaban J connectivity index is 2.56. The minimum atomic E-state index is -0.0526. The van der Waals surface area contributed by atoms with Gasteiger partial charge in [0.15, 0.2) is 0 Å². The van der Waals surface area contributed by atoms with Crippen LogP contribution in [0.3, 0.4) is 0 Å². The third-order valence-electron chi connectivity index (χ3n) is 4.82. The van der Waals surface area contributed by atoms with Gasteiger partial charge in [0.05, 0.1) is 0 Å². The molecule has 0 spiro atoms. The van der Waals surface area contributed by atoms with Gasteiger partial charge in [0, 0.05) is 18.0 Å². The zero-order valence-electron chi connectivity index (χ0n) is 13.5. The van der Waals surface area contributed by atoms with Crippen LogP contribution >= 0.6 is 0 Å². The second kappa shape index (κ2) is 8.04. The van der Waals surface area contributed by atoms with E-state index in [0.29, 0.717) is 6.04 Å². The smallest absolute Gasteiger partial charge is 0.127 e. The molecule has 1 aliphatic carbocycles. The van der Waals surface area contributed by atoms with Crippen molar-refractivity contribution in [3.05, 3.63) is 0 Å². The predicted octanol–water partition coefficient (Wildman–Crippen LogP) is 4.28. The molecule has 1 fully saturated rings. The quantitative estimate of drug-likeness (QED) is 0.483. The molecule has 0 aliphatic heterocycles. The van der Waals surface area contributed by atoms with E-state index in [-0.39, 0.29) is 5.41 Å². The highest BCUT2D eigenvalue weighted by Gasteiger charge is 2.35. The molecule has 0 aromatic rings. The fraction of sp³-hybridized carbons (Fsp3) is 0.941. The molecule has 0 aromatic heterocycles. The van der Waals surface area contributed by atoms with Crippen molar-refractivity contribution in [1.29, 1.82) is 0 Å². The standard InChI is InChI=1S/C17H33NO/c1-5-6-7-12-18(15(2)3)13-17(14-19)10-8-16(4)9-11-17/h14-16H,5-13H2,1-4H3. The van der Waals surface area contributed by atoms with Crippen molar-refractivity contribution >= 4 is 6.29 Å². The Morgan fingerprint density at radius 2 is 1.89 bits per heavy atom. The van der Waals surface area contributed by atoms with Crippen molar-refractivity contribution in [2.45, 2.75) is 78.7 Å². The van der Waals surface area contributed by atoms with E-state index in [9.17, 15) is 4.79 Å². The van der Waals surface area contributed by atoms with Gasteiger partial charge in [-0.1, -0.05) is 26.7 Å². The highest BCUT2D eigenvalue weighted by atomic mass is 16.1. The van der Waals surface area contributed by atoms with E-state index in [1.54, 1.807) is 0 Å². The van der Waals surface area contributed by atoms with Crippen LogP contribution in [0.2, 0.25) is 0 Å². The van der Waals surface area contributed by atoms with Gasteiger partial charge in [0.25, 0.3) is 0 Å². The summed E-state index contributed by atoms with van der Waals surface area (Å²) in [7, 11) is 0. The lowest BCUT2D eigenvalue weighted by molar-refractivity contribution is -0.120. The average molecular weight is 267 g/mol. The lowest BCUT2D eigenvalue weighted by Gasteiger charge is -2.40. The minimum absolute atomic E-state index is 0.0526. The van der Waals surface area contributed by atoms with Crippen molar-refractivity contribution in [1.82, 2.24) is 4.90 Å². The zero-order chi connectivity index (χ0) is 14.3. The fourth-order valence-electron chi connectivity index (χ4n) is 3.14. The molecule has 2 heteroatoms. The van der Waals surface area contributed by atoms with E-state index >= 15 is 0 Å². The molecule has 112 valence electrons. The molecule has 0 atom stereocenters. The molecule has 2 nitrogen and oxygen atoms in total. The molecule has 0 amide bonds. The summed E-state index contributed by atoms with van der Waals surface area (Å²) >= 11 is 0. The van der Waals surface area contributed by atoms with E-state index in [0.717, 1.165) is 31.8 Å². The Labute approximate surface area is 119 Å². The van der Waals surface area contributed by atoms with Crippen LogP contribution in [0.25, 0.3) is 0 Å². The maximum atomic E-state index is 11.6. The first-order valence-electron chi connectivity index (χ1n) is 8.23. The van der Waals surface area contributed by atoms with Crippen molar-refractivity contribution < 1.29 is 4.79 Å². The molecular formula is C17H33NO. The van der Waals surface area contributed by atoms with Crippen molar-refractivity contribution in [2.24, 2.45) is 11.3 Å². The first-order chi connectivity index (χ1) is 9.03. The Bertz CT molecular complexity index is 254. The Morgan fingerprint density at radius 3 is 2.37 bits per heavy atom. The number of rotatable bonds is 8. The Morgan fingerprint density at radius 1 is 1.26 bits per heavy atom. The fourth-order valence-corrected chi connectivity index (χ4v) is 3.14. The summed E-state index contributed by atoms with van der Waals surface area (Å²) in [6.07, 6.45) is 9.73. The van der Waals surface area contributed by atoms with Gasteiger partial charge in [-0.05, 0) is 58.4 Å². The van der Waals surface area contributed by atoms with E-state index in [4.69, 9.17) is 0 Å². The molecule has 1 rings (SSSR count). The molecule has 0 unspecified atom stereocenters. The average Bonchev–Trinajstić information content (AvgIpc) is 2.40. The van der Waals surface area contributed by atoms with E-state index in [1.807, 2.05) is 0 Å². The number of carbonyl (C=O) groups excluding carboxylic acids is 1. The normalized spacial score (nSPS) is 28.0. The topological polar surface area (TPSA) is 20.3 Å². The largest absolute Gasteiger partial charge is 0.303 e. The molecule has 1 saturated carbocycles. The Hall–Kier alpha value is -0.370. The second-order valence-electron chi connectivity index (χ2n) is 6.93. The number of carbonyl (C=O) groups is 1. The van der Waals surface area contributed by atoms with Crippen LogP contribution in [0.4, 0.5) is 0 Å². The molecule has 0 N–H and O–H groups in total. The van der Waals surface area contributed by atoms with Crippen LogP contribution in [0, 0.1) is 11.3 Å². The number of aldehydes is 1. The van der Waals surface area contributed by atoms with E-state index in [2.05, 4.69) is 32.6 Å². The number of nitrogens with zero attached hydrogens (tertiary/aromatic N) is 1. The molecule has 0 bridgehead atoms. The van der Waals surface area contributed by atoms with Crippen molar-refractivity contribution in [2.75, 3.05) is 13.1 Å². The van der Waals surface area contributed by atoms with Gasteiger partial charge < -0.3 is 4.79 Å². The van der Waals surface area contributed by atoms with Gasteiger partial charge in [-0.3, -0.25) is 4.90 Å². The van der Waals surface area contributed by atoms with Crippen LogP contribution in [0.1, 0.15) is 72.6 Å². The third kappa shape index (κ3) is 5.25. The zero-order valence-corrected chi connectivity index (χ0v) is 13.5. The van der Waals surface area contributed by atoms with E-state index < -0.39 is 0 Å². The summed E-state index contributed by atoms with van der Waals surface area (Å²) in [4.78, 5) is 14.2. The van der Waals surface area contributed by atoms with Crippen LogP contribution in [0.15, 0.2) is 0 Å². The molecular weight excluding hydrogens is 234 g/mol. The molecule has 0 saturated heterocycles. The second-order valence-corrected chi connectivity index (χ2v) is 6.93. The van der Waals surface area contributed by atoms with Gasteiger partial charge in [-0.2, -0.15) is 0 Å². The summed E-state index contributed by atoms with van der Waals surface area (Å²) in [5, 5.41) is 0. The number of unbranched alkanes of at least 4 members (excludes halogenated alkanes) is 2. The predicted molar refractivity (Wildman–Crippen MR) is 82.4 cm³/mol. The first kappa shape index (κ1) is 16.7. The highest BCUT2D eigenvalue weighted by Crippen LogP contribution is 2.38. The molecule has 0 heterocycles. The van der Waals surface area contributed by atoms with Gasteiger partial charge in [-0.25, -0.2) is 0 Å². The maximum absolute atomic E-state index is 11.6. The van der Waals surface area contributed by atoms with Gasteiger partial charge in [0.2, 0.25) is 0 Å². The van der Waals surface area contributed by atoms with Gasteiger partial charge in [0.1, 0.15) is 6.29 Å². The van der Waals surface area contributed by atoms with Gasteiger partial charge in [-0.15, -0.1) is 0 Å². The first-order valence-corrected chi connectivity index (χ1v) is 8.23. The lowest BCUT2D eigenvalue weighted by Crippen LogP contribution is -2.44. The van der Waals surface area contributed by atoms with Gasteiger partial charge >= 0.3 is 0 Å². The van der Waals surface area contributed by atoms with Crippen LogP contribution < -0.4 is 0 Å². The number of hydrogen-bond donors (Lipinski definition) is 0. The van der Waals surface area contributed by atoms with Crippen molar-refractivity contribution in [3.8, 4) is 0 Å². The van der Waals surface area contributed by atoms with Crippen LogP contribution in [0.5, 0.6) is 0 Å². The summed E-state index contributed by atoms with van der Waals surface area (Å²) in [6, 6.07) is 0.549. The molecule has 0 radical (unpaired) electrons. The third-order valence-corrected chi connectivity index (χ3v) is 4.82. The SMILES string of the molecule is CCCCCN(CC1(C=O)CCC(C)CC1)C(C)C. The summed E-state index contributed by atoms with van der Waals surface area (Å²) in [5.41, 5.74) is -0.0526. The maximum Gasteiger partial charge on any atom is 0.127 e. The minimum Gasteiger partial charge on any atom is -0.303 e. The van der Waals surface area contributed by atoms with Crippen LogP contribution in [-0.4, -0.2) is 30.3 Å². The van der Waals surface area contributed by atoms with Crippen LogP contribution in [-0.2, 0) is 4.79 Å². The summed E-state index contributed by atoms with van der Waals surface area (Å²) in [5.74, 6) is 0.806.